The van der Waals surface area contributed by atoms with Crippen molar-refractivity contribution < 1.29 is 24.5 Å². The maximum atomic E-state index is 12.4. The molecule has 0 aliphatic carbocycles. The van der Waals surface area contributed by atoms with Crippen molar-refractivity contribution in [3.63, 3.8) is 0 Å². The highest BCUT2D eigenvalue weighted by molar-refractivity contribution is 5.76. The van der Waals surface area contributed by atoms with Crippen molar-refractivity contribution in [3.8, 4) is 0 Å². The summed E-state index contributed by atoms with van der Waals surface area (Å²) in [5.74, 6) is -0.0353. The molecule has 0 spiro atoms. The maximum absolute atomic E-state index is 12.4. The number of hydrogen-bond donors (Lipinski definition) is 3. The summed E-state index contributed by atoms with van der Waals surface area (Å²) >= 11 is 0. The first-order valence-corrected chi connectivity index (χ1v) is 29.1. The Labute approximate surface area is 405 Å². The van der Waals surface area contributed by atoms with Gasteiger partial charge in [-0.15, -0.1) is 0 Å². The maximum Gasteiger partial charge on any atom is 0.305 e. The first-order valence-electron chi connectivity index (χ1n) is 29.1. The molecule has 1 amide bonds. The molecule has 384 valence electrons. The van der Waals surface area contributed by atoms with E-state index < -0.39 is 12.1 Å². The van der Waals surface area contributed by atoms with E-state index in [0.717, 1.165) is 44.9 Å². The minimum Gasteiger partial charge on any atom is -0.466 e. The monoisotopic (exact) mass is 916 g/mol. The molecule has 0 aromatic heterocycles. The summed E-state index contributed by atoms with van der Waals surface area (Å²) in [6.07, 6.45) is 66.2. The standard InChI is InChI=1S/C59H113NO5/c1-3-5-7-9-11-13-14-15-30-33-37-41-45-49-53-59(64)65-54-50-46-42-38-34-31-28-26-24-22-20-18-16-17-19-21-23-25-27-29-32-36-40-44-48-52-58(63)60-56(55-61)57(62)51-47-43-39-35-12-10-8-6-4-2/h14-15,17,19,56-57,61-62H,3-13,16,18,20-55H2,1-2H3,(H,60,63)/b15-14-,19-17-. The zero-order chi connectivity index (χ0) is 47.2. The summed E-state index contributed by atoms with van der Waals surface area (Å²) in [7, 11) is 0. The molecule has 0 fully saturated rings. The Hall–Kier alpha value is -1.66. The van der Waals surface area contributed by atoms with E-state index in [0.29, 0.717) is 25.9 Å². The van der Waals surface area contributed by atoms with Crippen molar-refractivity contribution in [2.75, 3.05) is 13.2 Å². The Morgan fingerprint density at radius 3 is 1.09 bits per heavy atom. The number of unbranched alkanes of at least 4 members (excludes halogenated alkanes) is 39. The number of aliphatic hydroxyl groups is 2. The van der Waals surface area contributed by atoms with E-state index >= 15 is 0 Å². The van der Waals surface area contributed by atoms with Crippen LogP contribution in [0, 0.1) is 0 Å². The van der Waals surface area contributed by atoms with Crippen LogP contribution >= 0.6 is 0 Å². The Bertz CT molecular complexity index is 1010. The van der Waals surface area contributed by atoms with Crippen LogP contribution < -0.4 is 5.32 Å². The molecule has 3 N–H and O–H groups in total. The van der Waals surface area contributed by atoms with Gasteiger partial charge >= 0.3 is 5.97 Å². The van der Waals surface area contributed by atoms with Crippen molar-refractivity contribution in [3.05, 3.63) is 24.3 Å². The van der Waals surface area contributed by atoms with Gasteiger partial charge in [0, 0.05) is 12.8 Å². The van der Waals surface area contributed by atoms with Crippen LogP contribution in [0.3, 0.4) is 0 Å². The second-order valence-corrected chi connectivity index (χ2v) is 20.0. The molecule has 6 nitrogen and oxygen atoms in total. The Balaban J connectivity index is 3.37. The molecule has 0 aliphatic rings. The quantitative estimate of drug-likeness (QED) is 0.0321. The number of carbonyl (C=O) groups is 2. The first kappa shape index (κ1) is 63.3. The second kappa shape index (κ2) is 54.9. The zero-order valence-corrected chi connectivity index (χ0v) is 43.7. The largest absolute Gasteiger partial charge is 0.466 e. The van der Waals surface area contributed by atoms with Gasteiger partial charge in [-0.2, -0.15) is 0 Å². The number of allylic oxidation sites excluding steroid dienone is 4. The fourth-order valence-electron chi connectivity index (χ4n) is 8.98. The topological polar surface area (TPSA) is 95.9 Å². The summed E-state index contributed by atoms with van der Waals surface area (Å²) in [4.78, 5) is 24.4. The lowest BCUT2D eigenvalue weighted by molar-refractivity contribution is -0.143. The molecule has 6 heteroatoms. The van der Waals surface area contributed by atoms with Crippen molar-refractivity contribution in [2.24, 2.45) is 0 Å². The van der Waals surface area contributed by atoms with Gasteiger partial charge in [0.1, 0.15) is 0 Å². The molecule has 0 aromatic carbocycles. The number of amides is 1. The lowest BCUT2D eigenvalue weighted by Crippen LogP contribution is -2.45. The third-order valence-corrected chi connectivity index (χ3v) is 13.5. The van der Waals surface area contributed by atoms with Crippen molar-refractivity contribution in [1.82, 2.24) is 5.32 Å². The lowest BCUT2D eigenvalue weighted by Gasteiger charge is -2.22. The van der Waals surface area contributed by atoms with E-state index in [1.807, 2.05) is 0 Å². The second-order valence-electron chi connectivity index (χ2n) is 20.0. The highest BCUT2D eigenvalue weighted by Gasteiger charge is 2.20. The van der Waals surface area contributed by atoms with Crippen molar-refractivity contribution >= 4 is 11.9 Å². The van der Waals surface area contributed by atoms with E-state index in [2.05, 4.69) is 43.5 Å². The fraction of sp³-hybridized carbons (Fsp3) is 0.898. The predicted molar refractivity (Wildman–Crippen MR) is 283 cm³/mol. The van der Waals surface area contributed by atoms with E-state index in [1.54, 1.807) is 0 Å². The molecule has 0 bridgehead atoms. The Morgan fingerprint density at radius 1 is 0.415 bits per heavy atom. The molecule has 0 saturated heterocycles. The fourth-order valence-corrected chi connectivity index (χ4v) is 8.98. The van der Waals surface area contributed by atoms with E-state index in [1.165, 1.54) is 238 Å². The summed E-state index contributed by atoms with van der Waals surface area (Å²) < 4.78 is 5.47. The third-order valence-electron chi connectivity index (χ3n) is 13.5. The van der Waals surface area contributed by atoms with Gasteiger partial charge in [-0.3, -0.25) is 9.59 Å². The van der Waals surface area contributed by atoms with Gasteiger partial charge in [-0.1, -0.05) is 250 Å². The summed E-state index contributed by atoms with van der Waals surface area (Å²) in [5.41, 5.74) is 0. The van der Waals surface area contributed by atoms with Crippen LogP contribution in [-0.4, -0.2) is 47.4 Å². The minimum atomic E-state index is -0.663. The van der Waals surface area contributed by atoms with Crippen LogP contribution in [0.5, 0.6) is 0 Å². The summed E-state index contributed by atoms with van der Waals surface area (Å²) in [6.45, 7) is 4.92. The molecule has 65 heavy (non-hydrogen) atoms. The van der Waals surface area contributed by atoms with Crippen molar-refractivity contribution in [1.29, 1.82) is 0 Å². The van der Waals surface area contributed by atoms with Gasteiger partial charge in [0.15, 0.2) is 0 Å². The van der Waals surface area contributed by atoms with Crippen LogP contribution in [0.1, 0.15) is 316 Å². The predicted octanol–water partition coefficient (Wildman–Crippen LogP) is 17.9. The van der Waals surface area contributed by atoms with Crippen LogP contribution in [-0.2, 0) is 14.3 Å². The third kappa shape index (κ3) is 51.6. The molecule has 0 rings (SSSR count). The Kier molecular flexibility index (Phi) is 53.5. The summed E-state index contributed by atoms with van der Waals surface area (Å²) in [6, 6.07) is -0.541. The number of esters is 1. The van der Waals surface area contributed by atoms with Crippen molar-refractivity contribution in [2.45, 2.75) is 328 Å². The number of rotatable bonds is 54. The molecule has 0 saturated carbocycles. The molecule has 0 heterocycles. The highest BCUT2D eigenvalue weighted by atomic mass is 16.5. The molecule has 0 aliphatic heterocycles. The van der Waals surface area contributed by atoms with E-state index in [9.17, 15) is 19.8 Å². The van der Waals surface area contributed by atoms with Crippen LogP contribution in [0.25, 0.3) is 0 Å². The van der Waals surface area contributed by atoms with Crippen LogP contribution in [0.2, 0.25) is 0 Å². The van der Waals surface area contributed by atoms with Gasteiger partial charge in [0.25, 0.3) is 0 Å². The van der Waals surface area contributed by atoms with Crippen LogP contribution in [0.15, 0.2) is 24.3 Å². The minimum absolute atomic E-state index is 0.00481. The molecular weight excluding hydrogens is 803 g/mol. The first-order chi connectivity index (χ1) is 32.0. The Morgan fingerprint density at radius 2 is 0.723 bits per heavy atom. The van der Waals surface area contributed by atoms with Gasteiger partial charge in [0.2, 0.25) is 5.91 Å². The average Bonchev–Trinajstić information content (AvgIpc) is 3.31. The van der Waals surface area contributed by atoms with Crippen LogP contribution in [0.4, 0.5) is 0 Å². The number of nitrogens with one attached hydrogen (secondary N) is 1. The smallest absolute Gasteiger partial charge is 0.305 e. The normalized spacial score (nSPS) is 12.7. The molecular formula is C59H113NO5. The average molecular weight is 917 g/mol. The van der Waals surface area contributed by atoms with E-state index in [4.69, 9.17) is 4.74 Å². The van der Waals surface area contributed by atoms with Gasteiger partial charge in [-0.05, 0) is 77.0 Å². The number of ether oxygens (including phenoxy) is 1. The summed E-state index contributed by atoms with van der Waals surface area (Å²) in [5, 5.41) is 23.1. The molecule has 0 aromatic rings. The number of hydrogen-bond acceptors (Lipinski definition) is 5. The lowest BCUT2D eigenvalue weighted by atomic mass is 10.0. The number of carbonyl (C=O) groups excluding carboxylic acids is 2. The van der Waals surface area contributed by atoms with E-state index in [-0.39, 0.29) is 18.5 Å². The van der Waals surface area contributed by atoms with Gasteiger partial charge in [0.05, 0.1) is 25.4 Å². The van der Waals surface area contributed by atoms with Gasteiger partial charge < -0.3 is 20.3 Å². The van der Waals surface area contributed by atoms with Gasteiger partial charge in [-0.25, -0.2) is 0 Å². The highest BCUT2D eigenvalue weighted by Crippen LogP contribution is 2.17. The molecule has 2 atom stereocenters. The SMILES string of the molecule is CCCCCCC/C=C\CCCCCCCC(=O)OCCCCCCCCCCCCCC/C=C\CCCCCCCCCCCC(=O)NC(CO)C(O)CCCCCCCCCCC. The number of aliphatic hydroxyl groups excluding tert-OH is 2. The molecule has 2 unspecified atom stereocenters. The zero-order valence-electron chi connectivity index (χ0n) is 43.7. The molecule has 0 radical (unpaired) electrons.